The highest BCUT2D eigenvalue weighted by Gasteiger charge is 2.38. The molecule has 1 aliphatic heterocycles. The molecule has 1 unspecified atom stereocenters. The molecule has 0 radical (unpaired) electrons. The number of aromatic nitrogens is 3. The van der Waals surface area contributed by atoms with Gasteiger partial charge in [-0.25, -0.2) is 23.7 Å². The molecule has 3 heterocycles. The van der Waals surface area contributed by atoms with Gasteiger partial charge in [-0.1, -0.05) is 48.5 Å². The molecular weight excluding hydrogens is 506 g/mol. The number of hydrogen-bond donors (Lipinski definition) is 1. The number of anilines is 1. The van der Waals surface area contributed by atoms with Crippen molar-refractivity contribution in [3.8, 4) is 6.07 Å². The second-order valence-electron chi connectivity index (χ2n) is 10.8. The van der Waals surface area contributed by atoms with Gasteiger partial charge in [0.05, 0.1) is 22.9 Å². The van der Waals surface area contributed by atoms with Crippen molar-refractivity contribution in [1.82, 2.24) is 19.9 Å². The molecule has 1 saturated heterocycles. The lowest BCUT2D eigenvalue weighted by atomic mass is 9.73. The molecule has 0 amide bonds. The highest BCUT2D eigenvalue weighted by molar-refractivity contribution is 5.87. The molecular formula is C32H34F2N6. The third kappa shape index (κ3) is 5.39. The first-order valence-corrected chi connectivity index (χ1v) is 13.7. The van der Waals surface area contributed by atoms with Crippen LogP contribution in [0.15, 0.2) is 54.6 Å². The van der Waals surface area contributed by atoms with E-state index in [1.54, 1.807) is 19.1 Å². The number of rotatable bonds is 7. The van der Waals surface area contributed by atoms with Gasteiger partial charge in [0.2, 0.25) is 0 Å². The lowest BCUT2D eigenvalue weighted by Gasteiger charge is -2.38. The highest BCUT2D eigenvalue weighted by atomic mass is 19.1. The molecule has 0 saturated carbocycles. The molecule has 0 bridgehead atoms. The summed E-state index contributed by atoms with van der Waals surface area (Å²) in [6.07, 6.45) is -0.0315. The Labute approximate surface area is 234 Å². The van der Waals surface area contributed by atoms with E-state index in [0.717, 1.165) is 30.9 Å². The van der Waals surface area contributed by atoms with Gasteiger partial charge in [0.15, 0.2) is 5.65 Å². The molecule has 8 heteroatoms. The molecule has 1 N–H and O–H groups in total. The molecule has 0 aliphatic carbocycles. The number of pyridine rings is 1. The minimum atomic E-state index is -1.41. The molecule has 40 heavy (non-hydrogen) atoms. The number of alkyl halides is 1. The summed E-state index contributed by atoms with van der Waals surface area (Å²) in [6, 6.07) is 19.3. The van der Waals surface area contributed by atoms with Crippen LogP contribution in [-0.2, 0) is 12.0 Å². The fourth-order valence-corrected chi connectivity index (χ4v) is 5.72. The van der Waals surface area contributed by atoms with Crippen LogP contribution < -0.4 is 5.32 Å². The maximum absolute atomic E-state index is 15.1. The highest BCUT2D eigenvalue weighted by Crippen LogP contribution is 2.39. The first kappa shape index (κ1) is 27.6. The standard InChI is InChI=1S/C32H34F2N6/c1-20(33)25-11-8-12-26(29(25)34)21(2)36-30-27-17-28(22(3)37-31(27)39-23(4)38-30)32(19-35)13-15-40(16-14-32)18-24-9-6-5-7-10-24/h5-12,17,20-21H,13-16,18H2,1-4H3,(H,36,37,38,39)/t20?,21-/m1/s1. The predicted octanol–water partition coefficient (Wildman–Crippen LogP) is 7.04. The molecule has 2 aromatic heterocycles. The van der Waals surface area contributed by atoms with Crippen molar-refractivity contribution >= 4 is 16.9 Å². The van der Waals surface area contributed by atoms with Crippen LogP contribution >= 0.6 is 0 Å². The Morgan fingerprint density at radius 1 is 1.00 bits per heavy atom. The predicted molar refractivity (Wildman–Crippen MR) is 153 cm³/mol. The Morgan fingerprint density at radius 2 is 1.70 bits per heavy atom. The summed E-state index contributed by atoms with van der Waals surface area (Å²) >= 11 is 0. The Bertz CT molecular complexity index is 1560. The summed E-state index contributed by atoms with van der Waals surface area (Å²) in [5.74, 6) is 0.474. The first-order chi connectivity index (χ1) is 19.2. The summed E-state index contributed by atoms with van der Waals surface area (Å²) < 4.78 is 29.1. The maximum Gasteiger partial charge on any atom is 0.165 e. The van der Waals surface area contributed by atoms with Crippen LogP contribution in [0.4, 0.5) is 14.6 Å². The van der Waals surface area contributed by atoms with Gasteiger partial charge in [0.1, 0.15) is 23.6 Å². The summed E-state index contributed by atoms with van der Waals surface area (Å²) in [5, 5.41) is 14.5. The fraction of sp³-hybridized carbons (Fsp3) is 0.375. The van der Waals surface area contributed by atoms with Gasteiger partial charge in [-0.15, -0.1) is 0 Å². The third-order valence-corrected chi connectivity index (χ3v) is 7.98. The van der Waals surface area contributed by atoms with Gasteiger partial charge in [-0.05, 0) is 57.7 Å². The van der Waals surface area contributed by atoms with Crippen LogP contribution in [0.2, 0.25) is 0 Å². The SMILES string of the molecule is Cc1nc(N[C@H](C)c2cccc(C(C)F)c2F)c2cc(C3(C#N)CCN(Cc4ccccc4)CC3)c(C)nc2n1. The molecule has 5 rings (SSSR count). The second kappa shape index (κ2) is 11.3. The molecule has 1 aliphatic rings. The largest absolute Gasteiger partial charge is 0.363 e. The van der Waals surface area contributed by atoms with Crippen molar-refractivity contribution in [3.63, 3.8) is 0 Å². The summed E-state index contributed by atoms with van der Waals surface area (Å²) in [6.45, 7) is 9.31. The molecule has 6 nitrogen and oxygen atoms in total. The Balaban J connectivity index is 1.46. The Hall–Kier alpha value is -3.96. The summed E-state index contributed by atoms with van der Waals surface area (Å²) in [7, 11) is 0. The smallest absolute Gasteiger partial charge is 0.165 e. The maximum atomic E-state index is 15.1. The van der Waals surface area contributed by atoms with E-state index in [9.17, 15) is 9.65 Å². The van der Waals surface area contributed by atoms with Crippen molar-refractivity contribution < 1.29 is 8.78 Å². The van der Waals surface area contributed by atoms with E-state index in [-0.39, 0.29) is 5.56 Å². The Kier molecular flexibility index (Phi) is 7.77. The normalized spacial score (nSPS) is 16.8. The van der Waals surface area contributed by atoms with Crippen molar-refractivity contribution in [2.24, 2.45) is 0 Å². The topological polar surface area (TPSA) is 77.7 Å². The average Bonchev–Trinajstić information content (AvgIpc) is 2.93. The van der Waals surface area contributed by atoms with Crippen LogP contribution in [0.25, 0.3) is 11.0 Å². The number of benzene rings is 2. The Morgan fingerprint density at radius 3 is 2.38 bits per heavy atom. The lowest BCUT2D eigenvalue weighted by molar-refractivity contribution is 0.178. The quantitative estimate of drug-likeness (QED) is 0.271. The zero-order valence-corrected chi connectivity index (χ0v) is 23.4. The van der Waals surface area contributed by atoms with Crippen molar-refractivity contribution in [3.05, 3.63) is 94.2 Å². The number of nitriles is 1. The molecule has 2 aromatic carbocycles. The zero-order chi connectivity index (χ0) is 28.4. The fourth-order valence-electron chi connectivity index (χ4n) is 5.72. The van der Waals surface area contributed by atoms with E-state index in [4.69, 9.17) is 4.98 Å². The van der Waals surface area contributed by atoms with E-state index in [2.05, 4.69) is 38.4 Å². The van der Waals surface area contributed by atoms with Crippen LogP contribution in [0.3, 0.4) is 0 Å². The van der Waals surface area contributed by atoms with Gasteiger partial charge in [-0.2, -0.15) is 5.26 Å². The van der Waals surface area contributed by atoms with Gasteiger partial charge in [0.25, 0.3) is 0 Å². The molecule has 206 valence electrons. The van der Waals surface area contributed by atoms with E-state index < -0.39 is 23.4 Å². The molecule has 0 spiro atoms. The number of nitrogens with one attached hydrogen (secondary N) is 1. The van der Waals surface area contributed by atoms with Crippen molar-refractivity contribution in [2.45, 2.75) is 64.7 Å². The van der Waals surface area contributed by atoms with Crippen LogP contribution in [0.5, 0.6) is 0 Å². The number of hydrogen-bond acceptors (Lipinski definition) is 6. The summed E-state index contributed by atoms with van der Waals surface area (Å²) in [5.41, 5.74) is 3.14. The van der Waals surface area contributed by atoms with Crippen LogP contribution in [-0.4, -0.2) is 32.9 Å². The minimum absolute atomic E-state index is 0.0315. The van der Waals surface area contributed by atoms with Gasteiger partial charge in [0, 0.05) is 36.5 Å². The van der Waals surface area contributed by atoms with E-state index in [1.165, 1.54) is 18.6 Å². The third-order valence-electron chi connectivity index (χ3n) is 7.98. The van der Waals surface area contributed by atoms with Crippen molar-refractivity contribution in [1.29, 1.82) is 5.26 Å². The average molecular weight is 541 g/mol. The van der Waals surface area contributed by atoms with Crippen LogP contribution in [0, 0.1) is 31.0 Å². The van der Waals surface area contributed by atoms with Gasteiger partial charge in [-0.3, -0.25) is 4.90 Å². The minimum Gasteiger partial charge on any atom is -0.363 e. The van der Waals surface area contributed by atoms with Crippen LogP contribution in [0.1, 0.15) is 72.7 Å². The lowest BCUT2D eigenvalue weighted by Crippen LogP contribution is -2.42. The first-order valence-electron chi connectivity index (χ1n) is 13.7. The molecule has 1 fully saturated rings. The number of fused-ring (bicyclic) bond motifs is 1. The van der Waals surface area contributed by atoms with Crippen molar-refractivity contribution in [2.75, 3.05) is 18.4 Å². The monoisotopic (exact) mass is 540 g/mol. The number of nitrogens with zero attached hydrogens (tertiary/aromatic N) is 5. The van der Waals surface area contributed by atoms with E-state index >= 15 is 4.39 Å². The van der Waals surface area contributed by atoms with E-state index in [0.29, 0.717) is 41.1 Å². The van der Waals surface area contributed by atoms with E-state index in [1.807, 2.05) is 38.1 Å². The summed E-state index contributed by atoms with van der Waals surface area (Å²) in [4.78, 5) is 16.4. The zero-order valence-electron chi connectivity index (χ0n) is 23.4. The molecule has 2 atom stereocenters. The number of likely N-dealkylation sites (tertiary alicyclic amines) is 1. The second-order valence-corrected chi connectivity index (χ2v) is 10.8. The number of halogens is 2. The van der Waals surface area contributed by atoms with Gasteiger partial charge < -0.3 is 5.32 Å². The molecule has 4 aromatic rings. The number of piperidine rings is 1. The van der Waals surface area contributed by atoms with Gasteiger partial charge >= 0.3 is 0 Å². The number of aryl methyl sites for hydroxylation is 2.